The number of hydrogen-bond donors (Lipinski definition) is 0. The van der Waals surface area contributed by atoms with Crippen LogP contribution in [0.25, 0.3) is 0 Å². The molecular formula is C10H10BrClO2. The lowest BCUT2D eigenvalue weighted by Crippen LogP contribution is -2.04. The lowest BCUT2D eigenvalue weighted by Gasteiger charge is -2.07. The van der Waals surface area contributed by atoms with Crippen LogP contribution in [0.2, 0.25) is 5.02 Å². The molecule has 0 fully saturated rings. The number of methoxy groups -OCH3 is 1. The van der Waals surface area contributed by atoms with Crippen LogP contribution in [0.4, 0.5) is 0 Å². The molecule has 0 heterocycles. The zero-order valence-electron chi connectivity index (χ0n) is 7.72. The maximum Gasteiger partial charge on any atom is 0.147 e. The topological polar surface area (TPSA) is 26.3 Å². The van der Waals surface area contributed by atoms with Crippen molar-refractivity contribution in [1.82, 2.24) is 0 Å². The number of ether oxygens (including phenoxy) is 1. The molecule has 1 rings (SSSR count). The summed E-state index contributed by atoms with van der Waals surface area (Å²) in [6, 6.07) is 5.25. The number of ketones is 1. The maximum atomic E-state index is 11.2. The van der Waals surface area contributed by atoms with Gasteiger partial charge in [0.05, 0.1) is 12.4 Å². The van der Waals surface area contributed by atoms with E-state index in [0.29, 0.717) is 22.5 Å². The lowest BCUT2D eigenvalue weighted by atomic mass is 10.1. The van der Waals surface area contributed by atoms with Crippen molar-refractivity contribution in [3.63, 3.8) is 0 Å². The first-order chi connectivity index (χ1) is 6.67. The van der Waals surface area contributed by atoms with Crippen molar-refractivity contribution in [1.29, 1.82) is 0 Å². The molecule has 2 nitrogen and oxygen atoms in total. The standard InChI is InChI=1S/C10H10BrClO2/c1-14-10-3-2-8(12)4-7(10)5-9(13)6-11/h2-4H,5-6H2,1H3. The molecule has 0 amide bonds. The number of benzene rings is 1. The molecule has 0 aliphatic carbocycles. The van der Waals surface area contributed by atoms with Crippen molar-refractivity contribution in [2.24, 2.45) is 0 Å². The molecule has 0 aliphatic heterocycles. The fourth-order valence-corrected chi connectivity index (χ4v) is 1.54. The minimum absolute atomic E-state index is 0.102. The molecule has 0 saturated carbocycles. The van der Waals surface area contributed by atoms with Gasteiger partial charge in [-0.05, 0) is 18.2 Å². The number of halogens is 2. The van der Waals surface area contributed by atoms with E-state index in [1.54, 1.807) is 25.3 Å². The number of alkyl halides is 1. The molecule has 1 aromatic rings. The van der Waals surface area contributed by atoms with E-state index in [9.17, 15) is 4.79 Å². The van der Waals surface area contributed by atoms with Gasteiger partial charge < -0.3 is 4.74 Å². The molecule has 0 spiro atoms. The summed E-state index contributed by atoms with van der Waals surface area (Å²) in [5, 5.41) is 0.964. The zero-order chi connectivity index (χ0) is 10.6. The van der Waals surface area contributed by atoms with E-state index < -0.39 is 0 Å². The molecule has 0 N–H and O–H groups in total. The number of hydrogen-bond acceptors (Lipinski definition) is 2. The van der Waals surface area contributed by atoms with Gasteiger partial charge in [-0.15, -0.1) is 0 Å². The van der Waals surface area contributed by atoms with E-state index in [4.69, 9.17) is 16.3 Å². The van der Waals surface area contributed by atoms with Gasteiger partial charge in [0.2, 0.25) is 0 Å². The summed E-state index contributed by atoms with van der Waals surface area (Å²) in [5.74, 6) is 0.800. The minimum atomic E-state index is 0.102. The third-order valence-corrected chi connectivity index (χ3v) is 2.64. The van der Waals surface area contributed by atoms with Gasteiger partial charge >= 0.3 is 0 Å². The third kappa shape index (κ3) is 3.00. The Bertz CT molecular complexity index is 339. The fourth-order valence-electron chi connectivity index (χ4n) is 1.14. The van der Waals surface area contributed by atoms with Gasteiger partial charge in [0.15, 0.2) is 0 Å². The SMILES string of the molecule is COc1ccc(Cl)cc1CC(=O)CBr. The van der Waals surface area contributed by atoms with Crippen molar-refractivity contribution < 1.29 is 9.53 Å². The summed E-state index contributed by atoms with van der Waals surface area (Å²) in [4.78, 5) is 11.2. The van der Waals surface area contributed by atoms with Crippen molar-refractivity contribution in [3.05, 3.63) is 28.8 Å². The van der Waals surface area contributed by atoms with Crippen LogP contribution in [-0.4, -0.2) is 18.2 Å². The molecule has 1 aromatic carbocycles. The Morgan fingerprint density at radius 2 is 2.29 bits per heavy atom. The first-order valence-electron chi connectivity index (χ1n) is 4.07. The van der Waals surface area contributed by atoms with Gasteiger partial charge in [0.25, 0.3) is 0 Å². The monoisotopic (exact) mass is 276 g/mol. The molecule has 0 saturated heterocycles. The molecule has 76 valence electrons. The molecule has 4 heteroatoms. The quantitative estimate of drug-likeness (QED) is 0.791. The van der Waals surface area contributed by atoms with Crippen LogP contribution >= 0.6 is 27.5 Å². The van der Waals surface area contributed by atoms with E-state index in [-0.39, 0.29) is 5.78 Å². The summed E-state index contributed by atoms with van der Waals surface area (Å²) < 4.78 is 5.12. The molecular weight excluding hydrogens is 267 g/mol. The maximum absolute atomic E-state index is 11.2. The van der Waals surface area contributed by atoms with Crippen LogP contribution in [0, 0.1) is 0 Å². The van der Waals surface area contributed by atoms with Crippen molar-refractivity contribution in [2.45, 2.75) is 6.42 Å². The van der Waals surface area contributed by atoms with Gasteiger partial charge in [0.1, 0.15) is 11.5 Å². The van der Waals surface area contributed by atoms with Crippen LogP contribution in [0.1, 0.15) is 5.56 Å². The van der Waals surface area contributed by atoms with E-state index in [1.165, 1.54) is 0 Å². The second-order valence-corrected chi connectivity index (χ2v) is 3.80. The molecule has 0 aromatic heterocycles. The van der Waals surface area contributed by atoms with Gasteiger partial charge in [-0.1, -0.05) is 27.5 Å². The second-order valence-electron chi connectivity index (χ2n) is 2.81. The number of Topliss-reactive ketones (excluding diaryl/α,β-unsaturated/α-hetero) is 1. The molecule has 0 aliphatic rings. The fraction of sp³-hybridized carbons (Fsp3) is 0.300. The van der Waals surface area contributed by atoms with E-state index >= 15 is 0 Å². The van der Waals surface area contributed by atoms with E-state index in [2.05, 4.69) is 15.9 Å². The normalized spacial score (nSPS) is 9.93. The molecule has 0 unspecified atom stereocenters. The molecule has 14 heavy (non-hydrogen) atoms. The number of carbonyl (C=O) groups excluding carboxylic acids is 1. The molecule has 0 radical (unpaired) electrons. The predicted molar refractivity (Wildman–Crippen MR) is 60.5 cm³/mol. The average molecular weight is 278 g/mol. The Kier molecular flexibility index (Phi) is 4.42. The van der Waals surface area contributed by atoms with Crippen LogP contribution in [-0.2, 0) is 11.2 Å². The van der Waals surface area contributed by atoms with Crippen LogP contribution < -0.4 is 4.74 Å². The smallest absolute Gasteiger partial charge is 0.147 e. The van der Waals surface area contributed by atoms with E-state index in [0.717, 1.165) is 5.56 Å². The Morgan fingerprint density at radius 1 is 1.57 bits per heavy atom. The molecule has 0 bridgehead atoms. The summed E-state index contributed by atoms with van der Waals surface area (Å²) in [6.07, 6.45) is 0.342. The number of carbonyl (C=O) groups is 1. The van der Waals surface area contributed by atoms with Gasteiger partial charge in [-0.2, -0.15) is 0 Å². The number of rotatable bonds is 4. The Morgan fingerprint density at radius 3 is 2.86 bits per heavy atom. The molecule has 0 atom stereocenters. The van der Waals surface area contributed by atoms with Gasteiger partial charge in [-0.25, -0.2) is 0 Å². The first kappa shape index (κ1) is 11.5. The highest BCUT2D eigenvalue weighted by molar-refractivity contribution is 9.09. The van der Waals surface area contributed by atoms with Crippen molar-refractivity contribution in [2.75, 3.05) is 12.4 Å². The third-order valence-electron chi connectivity index (χ3n) is 1.78. The highest BCUT2D eigenvalue weighted by Crippen LogP contribution is 2.23. The lowest BCUT2D eigenvalue weighted by molar-refractivity contribution is -0.115. The highest BCUT2D eigenvalue weighted by Gasteiger charge is 2.08. The average Bonchev–Trinajstić information content (AvgIpc) is 2.18. The largest absolute Gasteiger partial charge is 0.496 e. The summed E-state index contributed by atoms with van der Waals surface area (Å²) in [6.45, 7) is 0. The Labute approximate surface area is 96.3 Å². The van der Waals surface area contributed by atoms with Crippen molar-refractivity contribution in [3.8, 4) is 5.75 Å². The van der Waals surface area contributed by atoms with Gasteiger partial charge in [-0.3, -0.25) is 4.79 Å². The highest BCUT2D eigenvalue weighted by atomic mass is 79.9. The van der Waals surface area contributed by atoms with Crippen LogP contribution in [0.5, 0.6) is 5.75 Å². The predicted octanol–water partition coefficient (Wildman–Crippen LogP) is 2.86. The summed E-state index contributed by atoms with van der Waals surface area (Å²) in [7, 11) is 1.57. The Balaban J connectivity index is 2.93. The minimum Gasteiger partial charge on any atom is -0.496 e. The first-order valence-corrected chi connectivity index (χ1v) is 5.57. The van der Waals surface area contributed by atoms with Crippen molar-refractivity contribution >= 4 is 33.3 Å². The van der Waals surface area contributed by atoms with Crippen LogP contribution in [0.3, 0.4) is 0 Å². The Hall–Kier alpha value is -0.540. The van der Waals surface area contributed by atoms with Gasteiger partial charge in [0, 0.05) is 17.0 Å². The van der Waals surface area contributed by atoms with E-state index in [1.807, 2.05) is 0 Å². The second kappa shape index (κ2) is 5.37. The summed E-state index contributed by atoms with van der Waals surface area (Å²) >= 11 is 8.94. The van der Waals surface area contributed by atoms with Crippen LogP contribution in [0.15, 0.2) is 18.2 Å². The zero-order valence-corrected chi connectivity index (χ0v) is 10.1. The summed E-state index contributed by atoms with van der Waals surface area (Å²) in [5.41, 5.74) is 0.824.